The molecule has 9 heteroatoms. The van der Waals surface area contributed by atoms with Crippen molar-refractivity contribution in [2.24, 2.45) is 0 Å². The Morgan fingerprint density at radius 2 is 2.07 bits per heavy atom. The van der Waals surface area contributed by atoms with Crippen molar-refractivity contribution < 1.29 is 4.74 Å². The van der Waals surface area contributed by atoms with E-state index in [2.05, 4.69) is 42.2 Å². The lowest BCUT2D eigenvalue weighted by Crippen LogP contribution is -2.43. The van der Waals surface area contributed by atoms with Gasteiger partial charge in [0.25, 0.3) is 0 Å². The van der Waals surface area contributed by atoms with E-state index in [1.807, 2.05) is 19.1 Å². The van der Waals surface area contributed by atoms with Gasteiger partial charge < -0.3 is 14.6 Å². The molecule has 156 valence electrons. The average molecular weight is 406 g/mol. The van der Waals surface area contributed by atoms with Gasteiger partial charge in [-0.25, -0.2) is 0 Å². The van der Waals surface area contributed by atoms with Crippen LogP contribution in [0.15, 0.2) is 18.3 Å². The number of hydrogen-bond acceptors (Lipinski definition) is 7. The lowest BCUT2D eigenvalue weighted by Gasteiger charge is -2.39. The molecule has 3 aromatic heterocycles. The van der Waals surface area contributed by atoms with Crippen LogP contribution in [0, 0.1) is 18.3 Å². The summed E-state index contributed by atoms with van der Waals surface area (Å²) in [5.41, 5.74) is 1.85. The fourth-order valence-corrected chi connectivity index (χ4v) is 5.13. The van der Waals surface area contributed by atoms with Crippen molar-refractivity contribution in [3.8, 4) is 11.9 Å². The topological polar surface area (TPSA) is 108 Å². The molecule has 3 aromatic rings. The normalized spacial score (nSPS) is 23.6. The van der Waals surface area contributed by atoms with E-state index in [1.54, 1.807) is 7.11 Å². The second-order valence-electron chi connectivity index (χ2n) is 8.23. The molecule has 3 atom stereocenters. The summed E-state index contributed by atoms with van der Waals surface area (Å²) in [6.07, 6.45) is 7.32. The van der Waals surface area contributed by atoms with Gasteiger partial charge in [0.2, 0.25) is 11.8 Å². The Kier molecular flexibility index (Phi) is 4.79. The molecule has 2 bridgehead atoms. The van der Waals surface area contributed by atoms with Gasteiger partial charge in [-0.05, 0) is 38.7 Å². The molecule has 5 rings (SSSR count). The van der Waals surface area contributed by atoms with Crippen molar-refractivity contribution >= 4 is 22.8 Å². The fraction of sp³-hybridized carbons (Fsp3) is 0.524. The van der Waals surface area contributed by atoms with E-state index < -0.39 is 0 Å². The summed E-state index contributed by atoms with van der Waals surface area (Å²) in [5.74, 6) is 1.71. The molecule has 0 aliphatic carbocycles. The maximum atomic E-state index is 8.97. The Morgan fingerprint density at radius 1 is 1.27 bits per heavy atom. The standard InChI is InChI=1S/C21H26N8O/c1-13-10-18(27-26-13)23-21-24-19-17(20(25-21)30-2)6-9-29(19)16-11-14-4-5-15(12-16)28(14)8-3-7-22/h6,9-10,14-16H,3-5,8,11-12H2,1-2H3,(H2,23,24,25,26,27)/t14-,15+,16?. The monoisotopic (exact) mass is 406 g/mol. The average Bonchev–Trinajstić information content (AvgIpc) is 3.41. The van der Waals surface area contributed by atoms with Crippen LogP contribution in [0.5, 0.6) is 5.88 Å². The van der Waals surface area contributed by atoms with Crippen LogP contribution in [-0.4, -0.2) is 55.4 Å². The van der Waals surface area contributed by atoms with Gasteiger partial charge in [0, 0.05) is 49.0 Å². The van der Waals surface area contributed by atoms with Crippen LogP contribution in [0.4, 0.5) is 11.8 Å². The first-order valence-corrected chi connectivity index (χ1v) is 10.5. The molecule has 2 aliphatic rings. The number of aryl methyl sites for hydroxylation is 1. The Morgan fingerprint density at radius 3 is 2.73 bits per heavy atom. The van der Waals surface area contributed by atoms with E-state index in [4.69, 9.17) is 15.0 Å². The van der Waals surface area contributed by atoms with Crippen molar-refractivity contribution in [3.63, 3.8) is 0 Å². The number of nitrogens with one attached hydrogen (secondary N) is 2. The summed E-state index contributed by atoms with van der Waals surface area (Å²) in [6.45, 7) is 2.84. The highest BCUT2D eigenvalue weighted by Gasteiger charge is 2.41. The van der Waals surface area contributed by atoms with Crippen LogP contribution in [0.25, 0.3) is 11.0 Å². The zero-order valence-corrected chi connectivity index (χ0v) is 17.3. The highest BCUT2D eigenvalue weighted by molar-refractivity contribution is 5.83. The van der Waals surface area contributed by atoms with Crippen LogP contribution in [0.2, 0.25) is 0 Å². The van der Waals surface area contributed by atoms with Crippen LogP contribution in [-0.2, 0) is 0 Å². The first-order chi connectivity index (χ1) is 14.7. The number of anilines is 2. The van der Waals surface area contributed by atoms with Gasteiger partial charge in [-0.15, -0.1) is 0 Å². The summed E-state index contributed by atoms with van der Waals surface area (Å²) in [6, 6.07) is 7.73. The Balaban J connectivity index is 1.45. The van der Waals surface area contributed by atoms with Gasteiger partial charge in [0.15, 0.2) is 5.82 Å². The molecule has 1 unspecified atom stereocenters. The van der Waals surface area contributed by atoms with Gasteiger partial charge in [0.1, 0.15) is 5.65 Å². The van der Waals surface area contributed by atoms with E-state index in [1.165, 1.54) is 12.8 Å². The Labute approximate surface area is 175 Å². The van der Waals surface area contributed by atoms with E-state index in [9.17, 15) is 0 Å². The van der Waals surface area contributed by atoms with Crippen molar-refractivity contribution in [3.05, 3.63) is 24.0 Å². The Hall–Kier alpha value is -3.12. The molecule has 2 N–H and O–H groups in total. The SMILES string of the molecule is COc1nc(Nc2cc(C)[nH]n2)nc2c1ccn2C1C[C@H]2CC[C@@H](C1)N2CCC#N. The van der Waals surface area contributed by atoms with E-state index in [0.29, 0.717) is 42.2 Å². The number of H-pyrrole nitrogens is 1. The molecule has 0 saturated carbocycles. The number of piperidine rings is 1. The zero-order valence-electron chi connectivity index (χ0n) is 17.3. The van der Waals surface area contributed by atoms with Crippen molar-refractivity contribution in [2.75, 3.05) is 19.0 Å². The van der Waals surface area contributed by atoms with Crippen LogP contribution >= 0.6 is 0 Å². The first kappa shape index (κ1) is 18.9. The van der Waals surface area contributed by atoms with Crippen LogP contribution < -0.4 is 10.1 Å². The third-order valence-electron chi connectivity index (χ3n) is 6.41. The number of methoxy groups -OCH3 is 1. The number of ether oxygens (including phenoxy) is 1. The molecule has 2 fully saturated rings. The maximum Gasteiger partial charge on any atom is 0.233 e. The minimum atomic E-state index is 0.387. The molecule has 9 nitrogen and oxygen atoms in total. The zero-order chi connectivity index (χ0) is 20.7. The predicted molar refractivity (Wildman–Crippen MR) is 113 cm³/mol. The van der Waals surface area contributed by atoms with Crippen LogP contribution in [0.3, 0.4) is 0 Å². The number of aromatic nitrogens is 5. The minimum absolute atomic E-state index is 0.387. The lowest BCUT2D eigenvalue weighted by atomic mass is 9.97. The van der Waals surface area contributed by atoms with Crippen LogP contribution in [0.1, 0.15) is 43.8 Å². The van der Waals surface area contributed by atoms with Crippen molar-refractivity contribution in [1.82, 2.24) is 29.6 Å². The number of nitriles is 1. The number of aromatic amines is 1. The van der Waals surface area contributed by atoms with Gasteiger partial charge in [0.05, 0.1) is 18.6 Å². The molecular weight excluding hydrogens is 380 g/mol. The summed E-state index contributed by atoms with van der Waals surface area (Å²) in [7, 11) is 1.63. The number of hydrogen-bond donors (Lipinski definition) is 2. The minimum Gasteiger partial charge on any atom is -0.480 e. The quantitative estimate of drug-likeness (QED) is 0.647. The smallest absolute Gasteiger partial charge is 0.233 e. The molecule has 0 spiro atoms. The molecular formula is C21H26N8O. The second-order valence-corrected chi connectivity index (χ2v) is 8.23. The number of rotatable bonds is 6. The predicted octanol–water partition coefficient (Wildman–Crippen LogP) is 3.30. The molecule has 0 aromatic carbocycles. The summed E-state index contributed by atoms with van der Waals surface area (Å²) >= 11 is 0. The number of nitrogens with zero attached hydrogens (tertiary/aromatic N) is 6. The molecule has 0 amide bonds. The highest BCUT2D eigenvalue weighted by Crippen LogP contribution is 2.42. The summed E-state index contributed by atoms with van der Waals surface area (Å²) < 4.78 is 7.84. The van der Waals surface area contributed by atoms with E-state index >= 15 is 0 Å². The third kappa shape index (κ3) is 3.27. The molecule has 0 radical (unpaired) electrons. The molecule has 30 heavy (non-hydrogen) atoms. The largest absolute Gasteiger partial charge is 0.480 e. The maximum absolute atomic E-state index is 8.97. The van der Waals surface area contributed by atoms with Gasteiger partial charge in [-0.3, -0.25) is 10.00 Å². The van der Waals surface area contributed by atoms with E-state index in [-0.39, 0.29) is 0 Å². The van der Waals surface area contributed by atoms with Crippen molar-refractivity contribution in [1.29, 1.82) is 5.26 Å². The molecule has 2 saturated heterocycles. The molecule has 5 heterocycles. The van der Waals surface area contributed by atoms with E-state index in [0.717, 1.165) is 36.1 Å². The van der Waals surface area contributed by atoms with Gasteiger partial charge in [-0.1, -0.05) is 0 Å². The third-order valence-corrected chi connectivity index (χ3v) is 6.41. The van der Waals surface area contributed by atoms with Gasteiger partial charge >= 0.3 is 0 Å². The number of fused-ring (bicyclic) bond motifs is 3. The summed E-state index contributed by atoms with van der Waals surface area (Å²) in [5, 5.41) is 20.2. The van der Waals surface area contributed by atoms with Gasteiger partial charge in [-0.2, -0.15) is 20.3 Å². The molecule has 2 aliphatic heterocycles. The lowest BCUT2D eigenvalue weighted by molar-refractivity contribution is 0.111. The van der Waals surface area contributed by atoms with Crippen molar-refractivity contribution in [2.45, 2.75) is 57.2 Å². The summed E-state index contributed by atoms with van der Waals surface area (Å²) in [4.78, 5) is 11.9. The Bertz CT molecular complexity index is 1080. The fourth-order valence-electron chi connectivity index (χ4n) is 5.13. The second kappa shape index (κ2) is 7.61. The first-order valence-electron chi connectivity index (χ1n) is 10.5. The highest BCUT2D eigenvalue weighted by atomic mass is 16.5.